The molecule has 0 bridgehead atoms. The number of ether oxygens (including phenoxy) is 1. The molecule has 3 aromatic rings. The third-order valence-corrected chi connectivity index (χ3v) is 9.75. The SMILES string of the molecule is CC(C)C[N+](C(=O)OCC1c2ccccc2-c2ccccc21)([C@@H](CCCCN)C(=O)O)S(=O)(=O)c1ccccc1. The highest BCUT2D eigenvalue weighted by atomic mass is 32.2. The summed E-state index contributed by atoms with van der Waals surface area (Å²) >= 11 is 0. The number of amides is 1. The van der Waals surface area contributed by atoms with E-state index in [0.29, 0.717) is 19.4 Å². The van der Waals surface area contributed by atoms with Gasteiger partial charge in [0, 0.05) is 18.3 Å². The van der Waals surface area contributed by atoms with Crippen molar-refractivity contribution in [3.05, 3.63) is 90.0 Å². The minimum absolute atomic E-state index is 0.0461. The molecule has 1 aliphatic rings. The Hall–Kier alpha value is -3.53. The van der Waals surface area contributed by atoms with E-state index in [-0.39, 0.29) is 36.3 Å². The normalized spacial score (nSPS) is 15.2. The Labute approximate surface area is 236 Å². The van der Waals surface area contributed by atoms with Gasteiger partial charge in [-0.1, -0.05) is 80.6 Å². The van der Waals surface area contributed by atoms with Gasteiger partial charge < -0.3 is 15.6 Å². The van der Waals surface area contributed by atoms with E-state index in [0.717, 1.165) is 22.3 Å². The van der Waals surface area contributed by atoms with Gasteiger partial charge >= 0.3 is 22.1 Å². The number of unbranched alkanes of at least 4 members (excludes halogenated alkanes) is 1. The van der Waals surface area contributed by atoms with Crippen LogP contribution in [0.1, 0.15) is 50.2 Å². The molecule has 40 heavy (non-hydrogen) atoms. The van der Waals surface area contributed by atoms with Crippen LogP contribution in [-0.4, -0.2) is 55.2 Å². The number of nitrogens with two attached hydrogens (primary N) is 1. The lowest BCUT2D eigenvalue weighted by Crippen LogP contribution is -2.66. The summed E-state index contributed by atoms with van der Waals surface area (Å²) in [7, 11) is -4.55. The quantitative estimate of drug-likeness (QED) is 0.223. The predicted octanol–water partition coefficient (Wildman–Crippen LogP) is 5.38. The Morgan fingerprint density at radius 2 is 1.45 bits per heavy atom. The molecule has 1 unspecified atom stereocenters. The first kappa shape index (κ1) is 29.5. The average Bonchev–Trinajstić information content (AvgIpc) is 3.26. The second-order valence-electron chi connectivity index (χ2n) is 10.6. The number of rotatable bonds is 12. The van der Waals surface area contributed by atoms with Crippen LogP contribution in [0, 0.1) is 5.92 Å². The van der Waals surface area contributed by atoms with E-state index >= 15 is 0 Å². The smallest absolute Gasteiger partial charge is 0.477 e. The summed E-state index contributed by atoms with van der Waals surface area (Å²) in [5, 5.41) is 10.4. The van der Waals surface area contributed by atoms with Crippen molar-refractivity contribution < 1.29 is 31.7 Å². The zero-order valence-corrected chi connectivity index (χ0v) is 23.7. The molecule has 0 spiro atoms. The van der Waals surface area contributed by atoms with Crippen molar-refractivity contribution in [2.75, 3.05) is 19.7 Å². The summed E-state index contributed by atoms with van der Waals surface area (Å²) in [5.41, 5.74) is 9.66. The molecular formula is C31H37N2O6S+. The lowest BCUT2D eigenvalue weighted by Gasteiger charge is -2.38. The lowest BCUT2D eigenvalue weighted by atomic mass is 9.98. The topological polar surface area (TPSA) is 124 Å². The van der Waals surface area contributed by atoms with E-state index in [2.05, 4.69) is 0 Å². The molecule has 0 heterocycles. The number of hydrogen-bond acceptors (Lipinski definition) is 6. The molecule has 0 aromatic heterocycles. The molecule has 3 aromatic carbocycles. The number of nitrogens with zero attached hydrogens (tertiary/aromatic N) is 1. The summed E-state index contributed by atoms with van der Waals surface area (Å²) in [4.78, 5) is 26.9. The van der Waals surface area contributed by atoms with E-state index in [1.165, 1.54) is 12.1 Å². The number of quaternary nitrogens is 1. The third-order valence-electron chi connectivity index (χ3n) is 7.47. The average molecular weight is 566 g/mol. The van der Waals surface area contributed by atoms with Gasteiger partial charge in [-0.05, 0) is 53.8 Å². The van der Waals surface area contributed by atoms with Gasteiger partial charge in [-0.3, -0.25) is 0 Å². The lowest BCUT2D eigenvalue weighted by molar-refractivity contribution is -0.755. The van der Waals surface area contributed by atoms with Crippen molar-refractivity contribution in [2.24, 2.45) is 11.7 Å². The van der Waals surface area contributed by atoms with E-state index in [1.54, 1.807) is 32.0 Å². The number of carboxylic acid groups (broad SMARTS) is 1. The molecule has 9 heteroatoms. The number of carbonyl (C=O) groups excluding carboxylic acids is 1. The standard InChI is InChI=1S/C31H36N2O6S/c1-22(2)20-33(29(30(34)35)18-10-11-19-32,40(37,38)23-12-4-3-5-13-23)31(36)39-21-28-26-16-8-6-14-24(26)25-15-7-9-17-27(25)28/h3-9,12-17,22,28-29H,10-11,18-21,32H2,1-2H3/p+1/t29-,33?/m0/s1. The minimum Gasteiger partial charge on any atom is -0.477 e. The number of benzene rings is 3. The second kappa shape index (κ2) is 12.3. The zero-order valence-electron chi connectivity index (χ0n) is 22.9. The maximum atomic E-state index is 14.4. The monoisotopic (exact) mass is 565 g/mol. The molecule has 1 amide bonds. The Kier molecular flexibility index (Phi) is 9.08. The van der Waals surface area contributed by atoms with Crippen molar-refractivity contribution in [3.8, 4) is 11.1 Å². The van der Waals surface area contributed by atoms with E-state index in [4.69, 9.17) is 10.5 Å². The van der Waals surface area contributed by atoms with Crippen LogP contribution < -0.4 is 5.73 Å². The van der Waals surface area contributed by atoms with E-state index in [9.17, 15) is 23.1 Å². The number of aliphatic carboxylic acids is 1. The van der Waals surface area contributed by atoms with Gasteiger partial charge in [0.2, 0.25) is 6.04 Å². The number of carboxylic acids is 1. The van der Waals surface area contributed by atoms with Crippen LogP contribution in [0.2, 0.25) is 0 Å². The Balaban J connectivity index is 1.80. The highest BCUT2D eigenvalue weighted by Gasteiger charge is 2.60. The molecule has 8 nitrogen and oxygen atoms in total. The minimum atomic E-state index is -4.55. The maximum Gasteiger partial charge on any atom is 0.532 e. The van der Waals surface area contributed by atoms with E-state index < -0.39 is 32.0 Å². The molecule has 212 valence electrons. The summed E-state index contributed by atoms with van der Waals surface area (Å²) < 4.78 is 33.3. The van der Waals surface area contributed by atoms with Crippen LogP contribution >= 0.6 is 0 Å². The van der Waals surface area contributed by atoms with Crippen molar-refractivity contribution in [3.63, 3.8) is 0 Å². The van der Waals surface area contributed by atoms with Gasteiger partial charge in [0.1, 0.15) is 18.0 Å². The number of carbonyl (C=O) groups is 2. The molecule has 4 rings (SSSR count). The highest BCUT2D eigenvalue weighted by Crippen LogP contribution is 2.45. The van der Waals surface area contributed by atoms with Crippen LogP contribution in [-0.2, 0) is 19.6 Å². The molecule has 0 saturated carbocycles. The third kappa shape index (κ3) is 5.41. The highest BCUT2D eigenvalue weighted by molar-refractivity contribution is 7.86. The van der Waals surface area contributed by atoms with Crippen molar-refractivity contribution >= 4 is 22.1 Å². The van der Waals surface area contributed by atoms with Crippen LogP contribution in [0.4, 0.5) is 4.79 Å². The van der Waals surface area contributed by atoms with Crippen molar-refractivity contribution in [2.45, 2.75) is 50.0 Å². The largest absolute Gasteiger partial charge is 0.532 e. The Morgan fingerprint density at radius 1 is 0.900 bits per heavy atom. The number of fused-ring (bicyclic) bond motifs is 3. The first-order valence-corrected chi connectivity index (χ1v) is 15.1. The van der Waals surface area contributed by atoms with Crippen molar-refractivity contribution in [1.29, 1.82) is 0 Å². The van der Waals surface area contributed by atoms with Crippen LogP contribution in [0.3, 0.4) is 0 Å². The Morgan fingerprint density at radius 3 is 1.98 bits per heavy atom. The summed E-state index contributed by atoms with van der Waals surface area (Å²) in [6, 6.07) is 21.6. The van der Waals surface area contributed by atoms with Gasteiger partial charge in [-0.25, -0.2) is 4.79 Å². The zero-order chi connectivity index (χ0) is 28.9. The van der Waals surface area contributed by atoms with Crippen LogP contribution in [0.15, 0.2) is 83.8 Å². The second-order valence-corrected chi connectivity index (χ2v) is 12.7. The summed E-state index contributed by atoms with van der Waals surface area (Å²) in [6.45, 7) is 3.48. The van der Waals surface area contributed by atoms with Gasteiger partial charge in [-0.15, -0.1) is 3.89 Å². The fourth-order valence-electron chi connectivity index (χ4n) is 5.71. The van der Waals surface area contributed by atoms with Crippen LogP contribution in [0.5, 0.6) is 0 Å². The molecule has 0 aliphatic heterocycles. The molecule has 0 saturated heterocycles. The number of hydrogen-bond donors (Lipinski definition) is 2. The van der Waals surface area contributed by atoms with Gasteiger partial charge in [0.05, 0.1) is 0 Å². The molecule has 1 aliphatic carbocycles. The molecular weight excluding hydrogens is 528 g/mol. The summed E-state index contributed by atoms with van der Waals surface area (Å²) in [5.74, 6) is -2.02. The molecule has 0 fully saturated rings. The van der Waals surface area contributed by atoms with Gasteiger partial charge in [0.25, 0.3) is 0 Å². The van der Waals surface area contributed by atoms with Gasteiger partial charge in [0.15, 0.2) is 0 Å². The number of sulfonamides is 1. The molecule has 2 atom stereocenters. The maximum absolute atomic E-state index is 14.4. The summed E-state index contributed by atoms with van der Waals surface area (Å²) in [6.07, 6.45) is -0.275. The molecule has 3 N–H and O–H groups in total. The van der Waals surface area contributed by atoms with Gasteiger partial charge in [-0.2, -0.15) is 13.2 Å². The van der Waals surface area contributed by atoms with Crippen LogP contribution in [0.25, 0.3) is 11.1 Å². The fourth-order valence-corrected chi connectivity index (χ4v) is 7.86. The first-order chi connectivity index (χ1) is 19.1. The predicted molar refractivity (Wildman–Crippen MR) is 153 cm³/mol. The van der Waals surface area contributed by atoms with E-state index in [1.807, 2.05) is 48.5 Å². The Bertz CT molecular complexity index is 1410. The first-order valence-electron chi connectivity index (χ1n) is 13.6. The van der Waals surface area contributed by atoms with Crippen molar-refractivity contribution in [1.82, 2.24) is 0 Å². The molecule has 0 radical (unpaired) electrons. The fraction of sp³-hybridized carbons (Fsp3) is 0.355.